The second-order valence-corrected chi connectivity index (χ2v) is 10.9. The van der Waals surface area contributed by atoms with E-state index in [-0.39, 0.29) is 33.9 Å². The molecule has 0 aliphatic rings. The normalized spacial score (nSPS) is 11.1. The molecule has 0 unspecified atom stereocenters. The fourth-order valence-corrected chi connectivity index (χ4v) is 5.83. The van der Waals surface area contributed by atoms with Crippen LogP contribution in [-0.4, -0.2) is 33.9 Å². The van der Waals surface area contributed by atoms with Crippen molar-refractivity contribution < 1.29 is 22.7 Å². The highest BCUT2D eigenvalue weighted by molar-refractivity contribution is 7.99. The number of benzene rings is 3. The summed E-state index contributed by atoms with van der Waals surface area (Å²) >= 11 is 13.3. The molecule has 0 heterocycles. The maximum Gasteiger partial charge on any atom is 0.309 e. The Morgan fingerprint density at radius 2 is 1.71 bits per heavy atom. The van der Waals surface area contributed by atoms with Crippen molar-refractivity contribution in [3.8, 4) is 0 Å². The van der Waals surface area contributed by atoms with E-state index in [1.54, 1.807) is 31.2 Å². The summed E-state index contributed by atoms with van der Waals surface area (Å²) in [5, 5.41) is 2.98. The Morgan fingerprint density at radius 1 is 1.00 bits per heavy atom. The summed E-state index contributed by atoms with van der Waals surface area (Å²) in [7, 11) is -2.76. The Morgan fingerprint density at radius 3 is 2.34 bits per heavy atom. The number of amides is 1. The van der Waals surface area contributed by atoms with E-state index in [0.717, 1.165) is 10.5 Å². The number of ether oxygens (including phenoxy) is 1. The van der Waals surface area contributed by atoms with E-state index in [1.807, 2.05) is 12.1 Å². The van der Waals surface area contributed by atoms with Gasteiger partial charge in [0.25, 0.3) is 15.9 Å². The molecule has 3 aromatic rings. The van der Waals surface area contributed by atoms with Crippen LogP contribution in [0.1, 0.15) is 22.8 Å². The van der Waals surface area contributed by atoms with Crippen LogP contribution in [0, 0.1) is 0 Å². The molecule has 0 aliphatic heterocycles. The molecule has 7 nitrogen and oxygen atoms in total. The molecule has 0 spiro atoms. The highest BCUT2D eigenvalue weighted by Gasteiger charge is 2.21. The minimum atomic E-state index is -4.09. The Kier molecular flexibility index (Phi) is 9.07. The van der Waals surface area contributed by atoms with E-state index in [2.05, 4.69) is 14.8 Å². The number of carbonyl (C=O) groups is 2. The third-order valence-electron chi connectivity index (χ3n) is 4.73. The van der Waals surface area contributed by atoms with E-state index in [0.29, 0.717) is 22.0 Å². The minimum Gasteiger partial charge on any atom is -0.469 e. The van der Waals surface area contributed by atoms with E-state index in [4.69, 9.17) is 23.2 Å². The maximum atomic E-state index is 13.1. The van der Waals surface area contributed by atoms with E-state index >= 15 is 0 Å². The molecule has 11 heteroatoms. The zero-order valence-corrected chi connectivity index (χ0v) is 21.9. The van der Waals surface area contributed by atoms with Gasteiger partial charge in [-0.2, -0.15) is 0 Å². The molecule has 0 aromatic heterocycles. The Balaban J connectivity index is 1.95. The van der Waals surface area contributed by atoms with E-state index in [1.165, 1.54) is 43.1 Å². The van der Waals surface area contributed by atoms with Gasteiger partial charge in [0.15, 0.2) is 0 Å². The number of nitrogens with one attached hydrogen (secondary N) is 2. The summed E-state index contributed by atoms with van der Waals surface area (Å²) in [5.41, 5.74) is 1.29. The summed E-state index contributed by atoms with van der Waals surface area (Å²) in [6.45, 7) is 2.22. The third-order valence-corrected chi connectivity index (χ3v) is 7.90. The zero-order valence-electron chi connectivity index (χ0n) is 18.8. The van der Waals surface area contributed by atoms with E-state index < -0.39 is 10.0 Å². The molecule has 3 rings (SSSR count). The van der Waals surface area contributed by atoms with Crippen LogP contribution in [0.5, 0.6) is 0 Å². The van der Waals surface area contributed by atoms with Gasteiger partial charge < -0.3 is 10.1 Å². The lowest BCUT2D eigenvalue weighted by molar-refractivity contribution is -0.139. The van der Waals surface area contributed by atoms with Gasteiger partial charge >= 0.3 is 5.97 Å². The maximum absolute atomic E-state index is 13.1. The SMILES string of the molecule is CCNC(=O)c1ccc(Sc2ccc(CC(=O)OC)cc2)c(NS(=O)(=O)c2ccc(Cl)cc2Cl)c1. The molecule has 184 valence electrons. The quantitative estimate of drug-likeness (QED) is 0.344. The van der Waals surface area contributed by atoms with Crippen LogP contribution in [-0.2, 0) is 26.0 Å². The number of sulfonamides is 1. The Labute approximate surface area is 218 Å². The van der Waals surface area contributed by atoms with Crippen molar-refractivity contribution in [2.45, 2.75) is 28.0 Å². The lowest BCUT2D eigenvalue weighted by Crippen LogP contribution is -2.23. The van der Waals surface area contributed by atoms with Gasteiger partial charge in [0.1, 0.15) is 4.90 Å². The summed E-state index contributed by atoms with van der Waals surface area (Å²) < 4.78 is 33.5. The van der Waals surface area contributed by atoms with Gasteiger partial charge in [0.05, 0.1) is 24.2 Å². The molecule has 35 heavy (non-hydrogen) atoms. The standard InChI is InChI=1S/C24H22Cl2N2O5S2/c1-3-27-24(30)16-6-10-21(34-18-8-4-15(5-9-18)12-23(29)33-2)20(13-16)28-35(31,32)22-11-7-17(25)14-19(22)26/h4-11,13-14,28H,3,12H2,1-2H3,(H,27,30). The summed E-state index contributed by atoms with van der Waals surface area (Å²) in [6, 6.07) is 16.1. The topological polar surface area (TPSA) is 102 Å². The molecule has 0 atom stereocenters. The number of halogens is 2. The van der Waals surface area contributed by atoms with Crippen molar-refractivity contribution in [2.75, 3.05) is 18.4 Å². The first-order valence-electron chi connectivity index (χ1n) is 10.4. The van der Waals surface area contributed by atoms with Crippen LogP contribution >= 0.6 is 35.0 Å². The van der Waals surface area contributed by atoms with Crippen LogP contribution < -0.4 is 10.0 Å². The number of methoxy groups -OCH3 is 1. The molecule has 0 radical (unpaired) electrons. The van der Waals surface area contributed by atoms with Crippen molar-refractivity contribution in [1.82, 2.24) is 5.32 Å². The smallest absolute Gasteiger partial charge is 0.309 e. The zero-order chi connectivity index (χ0) is 25.6. The number of esters is 1. The third kappa shape index (κ3) is 7.14. The Hall–Kier alpha value is -2.72. The molecule has 0 saturated heterocycles. The molecule has 2 N–H and O–H groups in total. The highest BCUT2D eigenvalue weighted by atomic mass is 35.5. The Bertz CT molecular complexity index is 1350. The first-order valence-corrected chi connectivity index (χ1v) is 13.4. The van der Waals surface area contributed by atoms with Gasteiger partial charge in [0, 0.05) is 26.9 Å². The van der Waals surface area contributed by atoms with Gasteiger partial charge in [-0.25, -0.2) is 8.42 Å². The van der Waals surface area contributed by atoms with Crippen molar-refractivity contribution in [3.05, 3.63) is 81.8 Å². The molecule has 0 bridgehead atoms. The molecule has 1 amide bonds. The lowest BCUT2D eigenvalue weighted by Gasteiger charge is -2.15. The summed E-state index contributed by atoms with van der Waals surface area (Å²) in [6.07, 6.45) is 0.148. The molecular formula is C24H22Cl2N2O5S2. The van der Waals surface area contributed by atoms with Gasteiger partial charge in [-0.3, -0.25) is 14.3 Å². The molecule has 0 fully saturated rings. The molecule has 0 saturated carbocycles. The average Bonchev–Trinajstić information content (AvgIpc) is 2.81. The fraction of sp³-hybridized carbons (Fsp3) is 0.167. The minimum absolute atomic E-state index is 0.0275. The lowest BCUT2D eigenvalue weighted by atomic mass is 10.1. The largest absolute Gasteiger partial charge is 0.469 e. The van der Waals surface area contributed by atoms with Gasteiger partial charge in [-0.1, -0.05) is 47.1 Å². The first-order chi connectivity index (χ1) is 16.6. The predicted molar refractivity (Wildman–Crippen MR) is 138 cm³/mol. The second kappa shape index (κ2) is 11.8. The molecular weight excluding hydrogens is 531 g/mol. The predicted octanol–water partition coefficient (Wildman–Crippen LogP) is 5.41. The number of anilines is 1. The number of hydrogen-bond acceptors (Lipinski definition) is 6. The summed E-state index contributed by atoms with van der Waals surface area (Å²) in [5.74, 6) is -0.676. The number of carbonyl (C=O) groups excluding carboxylic acids is 2. The first kappa shape index (κ1) is 26.9. The van der Waals surface area contributed by atoms with Gasteiger partial charge in [-0.15, -0.1) is 0 Å². The summed E-state index contributed by atoms with van der Waals surface area (Å²) in [4.78, 5) is 25.1. The average molecular weight is 553 g/mol. The number of hydrogen-bond donors (Lipinski definition) is 2. The van der Waals surface area contributed by atoms with Crippen LogP contribution in [0.2, 0.25) is 10.0 Å². The second-order valence-electron chi connectivity index (χ2n) is 7.25. The fourth-order valence-electron chi connectivity index (χ4n) is 3.04. The monoisotopic (exact) mass is 552 g/mol. The van der Waals surface area contributed by atoms with Crippen LogP contribution in [0.4, 0.5) is 5.69 Å². The van der Waals surface area contributed by atoms with Crippen LogP contribution in [0.25, 0.3) is 0 Å². The van der Waals surface area contributed by atoms with Crippen LogP contribution in [0.3, 0.4) is 0 Å². The molecule has 3 aromatic carbocycles. The van der Waals surface area contributed by atoms with Crippen molar-refractivity contribution in [2.24, 2.45) is 0 Å². The van der Waals surface area contributed by atoms with Crippen LogP contribution in [0.15, 0.2) is 75.4 Å². The van der Waals surface area contributed by atoms with Gasteiger partial charge in [-0.05, 0) is 61.0 Å². The molecule has 0 aliphatic carbocycles. The van der Waals surface area contributed by atoms with Gasteiger partial charge in [0.2, 0.25) is 0 Å². The van der Waals surface area contributed by atoms with Crippen molar-refractivity contribution >= 4 is 62.6 Å². The van der Waals surface area contributed by atoms with Crippen molar-refractivity contribution in [3.63, 3.8) is 0 Å². The van der Waals surface area contributed by atoms with E-state index in [9.17, 15) is 18.0 Å². The van der Waals surface area contributed by atoms with Crippen molar-refractivity contribution in [1.29, 1.82) is 0 Å². The highest BCUT2D eigenvalue weighted by Crippen LogP contribution is 2.36. The number of rotatable bonds is 9.